The van der Waals surface area contributed by atoms with Crippen molar-refractivity contribution in [2.24, 2.45) is 0 Å². The zero-order chi connectivity index (χ0) is 23.8. The predicted molar refractivity (Wildman–Crippen MR) is 112 cm³/mol. The molecule has 1 fully saturated rings. The third kappa shape index (κ3) is 4.55. The van der Waals surface area contributed by atoms with Crippen LogP contribution in [0.5, 0.6) is 0 Å². The Morgan fingerprint density at radius 2 is 2.21 bits per heavy atom. The molecule has 1 amide bonds. The van der Waals surface area contributed by atoms with Crippen LogP contribution in [0.2, 0.25) is 0 Å². The Hall–Kier alpha value is -3.81. The van der Waals surface area contributed by atoms with Crippen LogP contribution < -0.4 is 21.5 Å². The number of alkyl carbamates (subject to hydrolysis) is 1. The van der Waals surface area contributed by atoms with Crippen LogP contribution in [0.4, 0.5) is 19.3 Å². The van der Waals surface area contributed by atoms with E-state index >= 15 is 0 Å². The van der Waals surface area contributed by atoms with Crippen molar-refractivity contribution < 1.29 is 23.0 Å². The predicted octanol–water partition coefficient (Wildman–Crippen LogP) is 0.358. The van der Waals surface area contributed by atoms with Gasteiger partial charge in [-0.1, -0.05) is 0 Å². The summed E-state index contributed by atoms with van der Waals surface area (Å²) in [4.78, 5) is 45.5. The molecule has 1 aliphatic rings. The Bertz CT molecular complexity index is 1290. The average molecular weight is 465 g/mol. The lowest BCUT2D eigenvalue weighted by molar-refractivity contribution is -0.0768. The standard InChI is InChI=1S/C19H21F2N7O5/c1-10(8-32-2)24-18(31)33-14-7-27(9-19(14,20)21)13-5-12(26-28-4-3-22-15(13)28)11-6-23-17(30)25-16(11)29/h3-6,10,14H,7-9H2,1-2H3,(H,24,31)(H2,23,25,29,30)/t10-,14+/m1/s1. The number of aromatic nitrogens is 5. The molecule has 0 bridgehead atoms. The number of imidazole rings is 1. The topological polar surface area (TPSA) is 147 Å². The van der Waals surface area contributed by atoms with Crippen LogP contribution in [0.25, 0.3) is 16.9 Å². The third-order valence-corrected chi connectivity index (χ3v) is 5.06. The van der Waals surface area contributed by atoms with Gasteiger partial charge in [-0.3, -0.25) is 9.78 Å². The number of anilines is 1. The maximum Gasteiger partial charge on any atom is 0.407 e. The molecule has 33 heavy (non-hydrogen) atoms. The first-order chi connectivity index (χ1) is 15.7. The third-order valence-electron chi connectivity index (χ3n) is 5.06. The maximum atomic E-state index is 14.7. The van der Waals surface area contributed by atoms with Gasteiger partial charge in [0.1, 0.15) is 5.69 Å². The summed E-state index contributed by atoms with van der Waals surface area (Å²) in [6.45, 7) is 0.791. The van der Waals surface area contributed by atoms with Crippen molar-refractivity contribution >= 4 is 17.4 Å². The lowest BCUT2D eigenvalue weighted by atomic mass is 10.2. The van der Waals surface area contributed by atoms with Crippen LogP contribution in [-0.4, -0.2) is 75.5 Å². The van der Waals surface area contributed by atoms with Gasteiger partial charge < -0.3 is 24.7 Å². The molecule has 12 nitrogen and oxygen atoms in total. The number of halogens is 2. The second-order valence-electron chi connectivity index (χ2n) is 7.63. The van der Waals surface area contributed by atoms with Crippen molar-refractivity contribution in [3.63, 3.8) is 0 Å². The summed E-state index contributed by atoms with van der Waals surface area (Å²) >= 11 is 0. The van der Waals surface area contributed by atoms with E-state index in [1.807, 2.05) is 0 Å². The van der Waals surface area contributed by atoms with E-state index in [9.17, 15) is 23.2 Å². The number of hydrogen-bond donors (Lipinski definition) is 3. The van der Waals surface area contributed by atoms with E-state index in [2.05, 4.69) is 25.4 Å². The van der Waals surface area contributed by atoms with Crippen LogP contribution in [0.3, 0.4) is 0 Å². The Labute approximate surface area is 184 Å². The molecule has 3 N–H and O–H groups in total. The van der Waals surface area contributed by atoms with Gasteiger partial charge in [-0.15, -0.1) is 0 Å². The summed E-state index contributed by atoms with van der Waals surface area (Å²) in [6.07, 6.45) is 1.42. The number of amides is 1. The fraction of sp³-hybridized carbons (Fsp3) is 0.421. The fourth-order valence-electron chi connectivity index (χ4n) is 3.58. The molecule has 4 heterocycles. The minimum Gasteiger partial charge on any atom is -0.438 e. The zero-order valence-corrected chi connectivity index (χ0v) is 17.7. The molecule has 3 aromatic heterocycles. The second kappa shape index (κ2) is 8.61. The van der Waals surface area contributed by atoms with Crippen molar-refractivity contribution in [3.8, 4) is 11.3 Å². The number of carbonyl (C=O) groups excluding carboxylic acids is 1. The maximum absolute atomic E-state index is 14.7. The molecule has 1 aliphatic heterocycles. The number of nitrogens with zero attached hydrogens (tertiary/aromatic N) is 4. The summed E-state index contributed by atoms with van der Waals surface area (Å²) < 4.78 is 40.7. The van der Waals surface area contributed by atoms with Crippen LogP contribution in [-0.2, 0) is 9.47 Å². The average Bonchev–Trinajstić information content (AvgIpc) is 3.31. The van der Waals surface area contributed by atoms with E-state index in [0.29, 0.717) is 0 Å². The van der Waals surface area contributed by atoms with Crippen LogP contribution >= 0.6 is 0 Å². The normalized spacial score (nSPS) is 18.4. The van der Waals surface area contributed by atoms with Crippen molar-refractivity contribution in [2.75, 3.05) is 31.7 Å². The number of alkyl halides is 2. The minimum atomic E-state index is -3.34. The second-order valence-corrected chi connectivity index (χ2v) is 7.63. The van der Waals surface area contributed by atoms with Gasteiger partial charge >= 0.3 is 17.7 Å². The number of nitrogens with one attached hydrogen (secondary N) is 3. The summed E-state index contributed by atoms with van der Waals surface area (Å²) in [6, 6.07) is 1.00. The van der Waals surface area contributed by atoms with Gasteiger partial charge in [0.15, 0.2) is 11.8 Å². The molecular weight excluding hydrogens is 444 g/mol. The number of hydrogen-bond acceptors (Lipinski definition) is 8. The van der Waals surface area contributed by atoms with E-state index in [1.165, 1.54) is 41.2 Å². The Morgan fingerprint density at radius 1 is 1.42 bits per heavy atom. The van der Waals surface area contributed by atoms with Crippen molar-refractivity contribution in [2.45, 2.75) is 25.0 Å². The minimum absolute atomic E-state index is 0.0386. The number of H-pyrrole nitrogens is 2. The van der Waals surface area contributed by atoms with Gasteiger partial charge in [-0.05, 0) is 13.0 Å². The molecule has 176 valence electrons. The van der Waals surface area contributed by atoms with E-state index in [0.717, 1.165) is 0 Å². The van der Waals surface area contributed by atoms with Crippen LogP contribution in [0.15, 0.2) is 34.2 Å². The molecule has 2 atom stereocenters. The first kappa shape index (κ1) is 22.4. The molecule has 3 aromatic rings. The number of ether oxygens (including phenoxy) is 2. The summed E-state index contributed by atoms with van der Waals surface area (Å²) in [7, 11) is 1.45. The van der Waals surface area contributed by atoms with Gasteiger partial charge in [0.05, 0.1) is 37.0 Å². The summed E-state index contributed by atoms with van der Waals surface area (Å²) in [5.41, 5.74) is -0.677. The van der Waals surface area contributed by atoms with Crippen molar-refractivity contribution in [1.29, 1.82) is 0 Å². The SMILES string of the molecule is COC[C@@H](C)NC(=O)O[C@H]1CN(c2cc(-c3c[nH]c(=O)[nH]c3=O)nn3ccnc23)CC1(F)F. The Morgan fingerprint density at radius 3 is 2.94 bits per heavy atom. The highest BCUT2D eigenvalue weighted by atomic mass is 19.3. The molecule has 0 aliphatic carbocycles. The molecule has 0 spiro atoms. The first-order valence-corrected chi connectivity index (χ1v) is 9.93. The van der Waals surface area contributed by atoms with Gasteiger partial charge in [-0.2, -0.15) is 5.10 Å². The van der Waals surface area contributed by atoms with Gasteiger partial charge in [0.2, 0.25) is 0 Å². The smallest absolute Gasteiger partial charge is 0.407 e. The largest absolute Gasteiger partial charge is 0.438 e. The lowest BCUT2D eigenvalue weighted by Gasteiger charge is -2.20. The molecule has 0 saturated carbocycles. The quantitative estimate of drug-likeness (QED) is 0.473. The van der Waals surface area contributed by atoms with Crippen molar-refractivity contribution in [1.82, 2.24) is 29.9 Å². The molecule has 14 heteroatoms. The van der Waals surface area contributed by atoms with Crippen LogP contribution in [0, 0.1) is 0 Å². The summed E-state index contributed by atoms with van der Waals surface area (Å²) in [5, 5.41) is 6.71. The fourth-order valence-corrected chi connectivity index (χ4v) is 3.58. The number of aromatic amines is 2. The number of methoxy groups -OCH3 is 1. The zero-order valence-electron chi connectivity index (χ0n) is 17.7. The molecular formula is C19H21F2N7O5. The van der Waals surface area contributed by atoms with Gasteiger partial charge in [0.25, 0.3) is 5.56 Å². The monoisotopic (exact) mass is 465 g/mol. The van der Waals surface area contributed by atoms with E-state index in [4.69, 9.17) is 9.47 Å². The van der Waals surface area contributed by atoms with Gasteiger partial charge in [-0.25, -0.2) is 27.9 Å². The van der Waals surface area contributed by atoms with E-state index in [-0.39, 0.29) is 35.7 Å². The van der Waals surface area contributed by atoms with E-state index < -0.39 is 42.0 Å². The highest BCUT2D eigenvalue weighted by Gasteiger charge is 2.51. The number of carbonyl (C=O) groups is 1. The van der Waals surface area contributed by atoms with Crippen molar-refractivity contribution in [3.05, 3.63) is 45.5 Å². The lowest BCUT2D eigenvalue weighted by Crippen LogP contribution is -2.42. The van der Waals surface area contributed by atoms with Gasteiger partial charge in [0, 0.05) is 25.7 Å². The highest BCUT2D eigenvalue weighted by Crippen LogP contribution is 2.35. The Kier molecular flexibility index (Phi) is 5.84. The van der Waals surface area contributed by atoms with Crippen LogP contribution in [0.1, 0.15) is 6.92 Å². The first-order valence-electron chi connectivity index (χ1n) is 9.93. The molecule has 0 radical (unpaired) electrons. The highest BCUT2D eigenvalue weighted by molar-refractivity contribution is 5.75. The Balaban J connectivity index is 1.64. The molecule has 4 rings (SSSR count). The molecule has 0 aromatic carbocycles. The summed E-state index contributed by atoms with van der Waals surface area (Å²) in [5.74, 6) is -3.34. The molecule has 1 saturated heterocycles. The number of fused-ring (bicyclic) bond motifs is 1. The molecule has 0 unspecified atom stereocenters. The number of rotatable bonds is 6. The van der Waals surface area contributed by atoms with E-state index in [1.54, 1.807) is 6.92 Å².